The molecular weight excluding hydrogens is 308 g/mol. The zero-order valence-electron chi connectivity index (χ0n) is 13.8. The van der Waals surface area contributed by atoms with Crippen LogP contribution >= 0.6 is 0 Å². The van der Waals surface area contributed by atoms with Gasteiger partial charge in [0, 0.05) is 32.2 Å². The van der Waals surface area contributed by atoms with Gasteiger partial charge in [0.2, 0.25) is 0 Å². The monoisotopic (exact) mass is 330 g/mol. The summed E-state index contributed by atoms with van der Waals surface area (Å²) in [5.74, 6) is 1.65. The van der Waals surface area contributed by atoms with Crippen molar-refractivity contribution in [2.75, 3.05) is 26.9 Å². The minimum Gasteiger partial charge on any atom is -0.493 e. The molecule has 1 aromatic carbocycles. The van der Waals surface area contributed by atoms with Gasteiger partial charge >= 0.3 is 0 Å². The third-order valence-corrected chi connectivity index (χ3v) is 4.04. The highest BCUT2D eigenvalue weighted by Crippen LogP contribution is 2.25. The van der Waals surface area contributed by atoms with Crippen LogP contribution in [0.2, 0.25) is 0 Å². The first-order valence-electron chi connectivity index (χ1n) is 8.17. The molecule has 0 unspecified atom stereocenters. The quantitative estimate of drug-likeness (QED) is 0.826. The molecule has 1 aliphatic heterocycles. The Labute approximate surface area is 141 Å². The summed E-state index contributed by atoms with van der Waals surface area (Å²) in [6, 6.07) is 5.61. The van der Waals surface area contributed by atoms with Gasteiger partial charge in [0.05, 0.1) is 13.2 Å². The van der Waals surface area contributed by atoms with Crippen molar-refractivity contribution in [3.05, 3.63) is 41.5 Å². The van der Waals surface area contributed by atoms with E-state index in [2.05, 4.69) is 15.5 Å². The SMILES string of the molecule is COCCn1cnnc1CCNC(=O)c1ccc2c(c1)CCCO2. The van der Waals surface area contributed by atoms with Gasteiger partial charge in [0.1, 0.15) is 17.9 Å². The first-order valence-corrected chi connectivity index (χ1v) is 8.17. The Morgan fingerprint density at radius 3 is 3.25 bits per heavy atom. The lowest BCUT2D eigenvalue weighted by molar-refractivity contribution is 0.0953. The topological polar surface area (TPSA) is 78.3 Å². The number of amides is 1. The van der Waals surface area contributed by atoms with Gasteiger partial charge in [0.25, 0.3) is 5.91 Å². The largest absolute Gasteiger partial charge is 0.493 e. The molecule has 2 aromatic rings. The smallest absolute Gasteiger partial charge is 0.251 e. The van der Waals surface area contributed by atoms with E-state index < -0.39 is 0 Å². The van der Waals surface area contributed by atoms with Crippen LogP contribution in [0.5, 0.6) is 5.75 Å². The maximum absolute atomic E-state index is 12.3. The second-order valence-corrected chi connectivity index (χ2v) is 5.71. The number of hydrogen-bond acceptors (Lipinski definition) is 5. The summed E-state index contributed by atoms with van der Waals surface area (Å²) < 4.78 is 12.6. The van der Waals surface area contributed by atoms with E-state index in [1.807, 2.05) is 16.7 Å². The van der Waals surface area contributed by atoms with Crippen LogP contribution in [-0.4, -0.2) is 47.5 Å². The van der Waals surface area contributed by atoms with Crippen molar-refractivity contribution in [1.29, 1.82) is 0 Å². The van der Waals surface area contributed by atoms with E-state index >= 15 is 0 Å². The number of ether oxygens (including phenoxy) is 2. The molecule has 0 bridgehead atoms. The molecule has 0 saturated heterocycles. The van der Waals surface area contributed by atoms with Crippen LogP contribution in [0.1, 0.15) is 28.2 Å². The van der Waals surface area contributed by atoms with Gasteiger partial charge in [-0.05, 0) is 36.6 Å². The Hall–Kier alpha value is -2.41. The molecule has 0 saturated carbocycles. The van der Waals surface area contributed by atoms with Crippen LogP contribution in [0, 0.1) is 0 Å². The van der Waals surface area contributed by atoms with Crippen molar-refractivity contribution in [3.8, 4) is 5.75 Å². The number of aromatic nitrogens is 3. The second-order valence-electron chi connectivity index (χ2n) is 5.71. The van der Waals surface area contributed by atoms with Crippen LogP contribution in [0.15, 0.2) is 24.5 Å². The first kappa shape index (κ1) is 16.4. The highest BCUT2D eigenvalue weighted by Gasteiger charge is 2.14. The Balaban J connectivity index is 1.53. The predicted molar refractivity (Wildman–Crippen MR) is 88.2 cm³/mol. The lowest BCUT2D eigenvalue weighted by Crippen LogP contribution is -2.27. The van der Waals surface area contributed by atoms with E-state index in [0.717, 1.165) is 36.6 Å². The van der Waals surface area contributed by atoms with Gasteiger partial charge in [0.15, 0.2) is 0 Å². The molecule has 1 N–H and O–H groups in total. The highest BCUT2D eigenvalue weighted by atomic mass is 16.5. The van der Waals surface area contributed by atoms with Crippen LogP contribution in [0.25, 0.3) is 0 Å². The van der Waals surface area contributed by atoms with Crippen LogP contribution in [0.3, 0.4) is 0 Å². The van der Waals surface area contributed by atoms with Gasteiger partial charge in [-0.2, -0.15) is 0 Å². The molecule has 1 aliphatic rings. The molecule has 7 nitrogen and oxygen atoms in total. The number of benzene rings is 1. The molecule has 0 radical (unpaired) electrons. The Kier molecular flexibility index (Phi) is 5.43. The maximum Gasteiger partial charge on any atom is 0.251 e. The molecule has 0 spiro atoms. The maximum atomic E-state index is 12.3. The number of fused-ring (bicyclic) bond motifs is 1. The third kappa shape index (κ3) is 3.91. The van der Waals surface area contributed by atoms with Crippen molar-refractivity contribution in [2.45, 2.75) is 25.8 Å². The van der Waals surface area contributed by atoms with Crippen LogP contribution in [-0.2, 0) is 24.1 Å². The first-order chi connectivity index (χ1) is 11.8. The van der Waals surface area contributed by atoms with Crippen LogP contribution in [0.4, 0.5) is 0 Å². The van der Waals surface area contributed by atoms with E-state index in [0.29, 0.717) is 31.7 Å². The molecule has 0 aliphatic carbocycles. The molecular formula is C17H22N4O3. The molecule has 0 atom stereocenters. The number of methoxy groups -OCH3 is 1. The van der Waals surface area contributed by atoms with E-state index in [4.69, 9.17) is 9.47 Å². The Morgan fingerprint density at radius 2 is 2.38 bits per heavy atom. The van der Waals surface area contributed by atoms with Crippen molar-refractivity contribution in [3.63, 3.8) is 0 Å². The second kappa shape index (κ2) is 7.92. The molecule has 7 heteroatoms. The zero-order valence-corrected chi connectivity index (χ0v) is 13.8. The summed E-state index contributed by atoms with van der Waals surface area (Å²) >= 11 is 0. The standard InChI is InChI=1S/C17H22N4O3/c1-23-10-8-21-12-19-20-16(21)6-7-18-17(22)14-4-5-15-13(11-14)3-2-9-24-15/h4-5,11-12H,2-3,6-10H2,1H3,(H,18,22). The van der Waals surface area contributed by atoms with E-state index in [-0.39, 0.29) is 5.91 Å². The van der Waals surface area contributed by atoms with E-state index in [1.165, 1.54) is 0 Å². The summed E-state index contributed by atoms with van der Waals surface area (Å²) in [6.45, 7) is 2.58. The van der Waals surface area contributed by atoms with Crippen molar-refractivity contribution < 1.29 is 14.3 Å². The minimum atomic E-state index is -0.0775. The molecule has 24 heavy (non-hydrogen) atoms. The molecule has 0 fully saturated rings. The highest BCUT2D eigenvalue weighted by molar-refractivity contribution is 5.94. The molecule has 1 aromatic heterocycles. The summed E-state index contributed by atoms with van der Waals surface area (Å²) in [6.07, 6.45) is 4.26. The molecule has 1 amide bonds. The number of carbonyl (C=O) groups excluding carboxylic acids is 1. The normalized spacial score (nSPS) is 13.2. The fourth-order valence-corrected chi connectivity index (χ4v) is 2.74. The molecule has 3 rings (SSSR count). The number of rotatable bonds is 7. The average Bonchev–Trinajstić information content (AvgIpc) is 3.06. The lowest BCUT2D eigenvalue weighted by Gasteiger charge is -2.17. The van der Waals surface area contributed by atoms with Gasteiger partial charge in [-0.15, -0.1) is 10.2 Å². The summed E-state index contributed by atoms with van der Waals surface area (Å²) in [7, 11) is 1.66. The average molecular weight is 330 g/mol. The fraction of sp³-hybridized carbons (Fsp3) is 0.471. The fourth-order valence-electron chi connectivity index (χ4n) is 2.74. The zero-order chi connectivity index (χ0) is 16.8. The third-order valence-electron chi connectivity index (χ3n) is 4.04. The Bertz CT molecular complexity index is 699. The minimum absolute atomic E-state index is 0.0775. The van der Waals surface area contributed by atoms with Gasteiger partial charge in [-0.3, -0.25) is 4.79 Å². The van der Waals surface area contributed by atoms with Gasteiger partial charge in [-0.1, -0.05) is 0 Å². The number of carbonyl (C=O) groups is 1. The van der Waals surface area contributed by atoms with Crippen molar-refractivity contribution in [2.24, 2.45) is 0 Å². The predicted octanol–water partition coefficient (Wildman–Crippen LogP) is 1.22. The summed E-state index contributed by atoms with van der Waals surface area (Å²) in [5, 5.41) is 10.9. The number of nitrogens with one attached hydrogen (secondary N) is 1. The number of hydrogen-bond donors (Lipinski definition) is 1. The summed E-state index contributed by atoms with van der Waals surface area (Å²) in [4.78, 5) is 12.3. The van der Waals surface area contributed by atoms with Gasteiger partial charge in [-0.25, -0.2) is 0 Å². The molecule has 128 valence electrons. The van der Waals surface area contributed by atoms with Crippen LogP contribution < -0.4 is 10.1 Å². The van der Waals surface area contributed by atoms with E-state index in [9.17, 15) is 4.79 Å². The van der Waals surface area contributed by atoms with E-state index in [1.54, 1.807) is 19.5 Å². The summed E-state index contributed by atoms with van der Waals surface area (Å²) in [5.41, 5.74) is 1.77. The lowest BCUT2D eigenvalue weighted by atomic mass is 10.0. The molecule has 2 heterocycles. The number of nitrogens with zero attached hydrogens (tertiary/aromatic N) is 3. The Morgan fingerprint density at radius 1 is 1.46 bits per heavy atom. The van der Waals surface area contributed by atoms with Crippen molar-refractivity contribution >= 4 is 5.91 Å². The van der Waals surface area contributed by atoms with Gasteiger partial charge < -0.3 is 19.4 Å². The number of aryl methyl sites for hydroxylation is 1. The van der Waals surface area contributed by atoms with Crippen molar-refractivity contribution in [1.82, 2.24) is 20.1 Å².